The van der Waals surface area contributed by atoms with Gasteiger partial charge in [0, 0.05) is 32.0 Å². The Morgan fingerprint density at radius 3 is 2.27 bits per heavy atom. The Kier molecular flexibility index (Phi) is 11.6. The maximum Gasteiger partial charge on any atom is 0.272 e. The van der Waals surface area contributed by atoms with E-state index in [0.717, 1.165) is 20.9 Å². The van der Waals surface area contributed by atoms with Gasteiger partial charge in [0.25, 0.3) is 11.8 Å². The first-order valence-corrected chi connectivity index (χ1v) is 18.3. The zero-order valence-corrected chi connectivity index (χ0v) is 29.9. The van der Waals surface area contributed by atoms with Crippen molar-refractivity contribution in [3.8, 4) is 22.8 Å². The lowest BCUT2D eigenvalue weighted by Gasteiger charge is -2.17. The molecule has 51 heavy (non-hydrogen) atoms. The zero-order valence-electron chi connectivity index (χ0n) is 27.5. The van der Waals surface area contributed by atoms with Crippen LogP contribution in [0.4, 0.5) is 10.8 Å². The molecule has 0 aliphatic rings. The van der Waals surface area contributed by atoms with E-state index in [9.17, 15) is 14.4 Å². The van der Waals surface area contributed by atoms with Gasteiger partial charge in [-0.05, 0) is 71.6 Å². The summed E-state index contributed by atoms with van der Waals surface area (Å²) in [4.78, 5) is 46.6. The number of rotatable bonds is 13. The van der Waals surface area contributed by atoms with Crippen LogP contribution in [-0.4, -0.2) is 36.9 Å². The van der Waals surface area contributed by atoms with Gasteiger partial charge in [-0.3, -0.25) is 14.4 Å². The summed E-state index contributed by atoms with van der Waals surface area (Å²) in [7, 11) is 3.16. The van der Waals surface area contributed by atoms with Gasteiger partial charge in [0.2, 0.25) is 5.91 Å². The number of thiazole rings is 1. The SMILES string of the molecule is COc1ccc(-c2csc(NC(=O)C(Sc3cccc(NC(=O)/C(=C/c4cccs4)NC(=O)c4ccccc4)c3)c3ccccc3)n2)cc1OC. The number of ether oxygens (including phenoxy) is 2. The topological polar surface area (TPSA) is 119 Å². The van der Waals surface area contributed by atoms with Crippen molar-refractivity contribution in [3.05, 3.63) is 148 Å². The monoisotopic (exact) mass is 732 g/mol. The van der Waals surface area contributed by atoms with Crippen molar-refractivity contribution in [1.82, 2.24) is 10.3 Å². The lowest BCUT2D eigenvalue weighted by atomic mass is 10.1. The third-order valence-corrected chi connectivity index (χ3v) is 10.3. The standard InChI is InChI=1S/C39H32N4O5S3/c1-47-33-19-18-27(21-34(33)48-2)32-24-50-39(42-32)43-38(46)35(25-11-5-3-6-12-25)51-30-16-9-15-28(22-30)40-37(45)31(23-29-17-10-20-49-29)41-36(44)26-13-7-4-8-14-26/h3-24,35H,1-2H3,(H,40,45)(H,41,44)(H,42,43,46)/b31-23-. The Balaban J connectivity index is 1.19. The first-order chi connectivity index (χ1) is 24.9. The number of amides is 3. The Morgan fingerprint density at radius 1 is 0.784 bits per heavy atom. The minimum absolute atomic E-state index is 0.0989. The Morgan fingerprint density at radius 2 is 1.55 bits per heavy atom. The number of hydrogen-bond donors (Lipinski definition) is 3. The number of nitrogens with one attached hydrogen (secondary N) is 3. The van der Waals surface area contributed by atoms with E-state index in [-0.39, 0.29) is 11.6 Å². The summed E-state index contributed by atoms with van der Waals surface area (Å²) in [5.41, 5.74) is 3.35. The number of nitrogens with zero attached hydrogens (tertiary/aromatic N) is 1. The quantitative estimate of drug-likeness (QED) is 0.0803. The van der Waals surface area contributed by atoms with Crippen LogP contribution in [0.5, 0.6) is 11.5 Å². The molecule has 0 radical (unpaired) electrons. The number of benzene rings is 4. The molecule has 0 spiro atoms. The highest BCUT2D eigenvalue weighted by molar-refractivity contribution is 8.00. The third-order valence-electron chi connectivity index (χ3n) is 7.46. The van der Waals surface area contributed by atoms with Gasteiger partial charge in [-0.25, -0.2) is 4.98 Å². The van der Waals surface area contributed by atoms with Gasteiger partial charge < -0.3 is 25.4 Å². The van der Waals surface area contributed by atoms with Crippen molar-refractivity contribution in [3.63, 3.8) is 0 Å². The third kappa shape index (κ3) is 9.11. The smallest absolute Gasteiger partial charge is 0.272 e. The zero-order chi connectivity index (χ0) is 35.6. The number of methoxy groups -OCH3 is 2. The number of hydrogen-bond acceptors (Lipinski definition) is 9. The molecule has 2 aromatic heterocycles. The lowest BCUT2D eigenvalue weighted by Crippen LogP contribution is -2.30. The van der Waals surface area contributed by atoms with Crippen LogP contribution in [0.3, 0.4) is 0 Å². The van der Waals surface area contributed by atoms with E-state index in [2.05, 4.69) is 20.9 Å². The minimum Gasteiger partial charge on any atom is -0.493 e. The van der Waals surface area contributed by atoms with Crippen molar-refractivity contribution < 1.29 is 23.9 Å². The van der Waals surface area contributed by atoms with E-state index >= 15 is 0 Å². The van der Waals surface area contributed by atoms with Crippen molar-refractivity contribution >= 4 is 69.1 Å². The fraction of sp³-hybridized carbons (Fsp3) is 0.0769. The molecule has 0 fully saturated rings. The van der Waals surface area contributed by atoms with Gasteiger partial charge in [0.15, 0.2) is 16.6 Å². The van der Waals surface area contributed by atoms with Gasteiger partial charge in [-0.15, -0.1) is 34.4 Å². The molecule has 0 bridgehead atoms. The average Bonchev–Trinajstić information content (AvgIpc) is 3.86. The first-order valence-electron chi connectivity index (χ1n) is 15.6. The molecule has 6 rings (SSSR count). The number of anilines is 2. The minimum atomic E-state index is -0.634. The Labute approximate surface area is 307 Å². The largest absolute Gasteiger partial charge is 0.493 e. The highest BCUT2D eigenvalue weighted by atomic mass is 32.2. The number of thiophene rings is 1. The predicted molar refractivity (Wildman–Crippen MR) is 206 cm³/mol. The van der Waals surface area contributed by atoms with Gasteiger partial charge in [-0.1, -0.05) is 60.7 Å². The fourth-order valence-corrected chi connectivity index (χ4v) is 7.43. The molecule has 4 aromatic carbocycles. The van der Waals surface area contributed by atoms with Crippen LogP contribution in [0.25, 0.3) is 17.3 Å². The second-order valence-corrected chi connectivity index (χ2v) is 13.9. The maximum atomic E-state index is 13.9. The molecule has 1 unspecified atom stereocenters. The lowest BCUT2D eigenvalue weighted by molar-refractivity contribution is -0.116. The van der Waals surface area contributed by atoms with Gasteiger partial charge in [-0.2, -0.15) is 0 Å². The van der Waals surface area contributed by atoms with Crippen LogP contribution in [0.2, 0.25) is 0 Å². The second-order valence-electron chi connectivity index (χ2n) is 10.9. The summed E-state index contributed by atoms with van der Waals surface area (Å²) in [5, 5.41) is 12.3. The van der Waals surface area contributed by atoms with Crippen molar-refractivity contribution in [2.24, 2.45) is 0 Å². The molecular weight excluding hydrogens is 701 g/mol. The summed E-state index contributed by atoms with van der Waals surface area (Å²) >= 11 is 4.12. The van der Waals surface area contributed by atoms with Gasteiger partial charge in [0.1, 0.15) is 10.9 Å². The van der Waals surface area contributed by atoms with Crippen LogP contribution in [0.1, 0.15) is 26.0 Å². The van der Waals surface area contributed by atoms with E-state index in [4.69, 9.17) is 9.47 Å². The molecule has 6 aromatic rings. The van der Waals surface area contributed by atoms with E-state index in [0.29, 0.717) is 33.6 Å². The second kappa shape index (κ2) is 16.8. The summed E-state index contributed by atoms with van der Waals surface area (Å²) in [6.45, 7) is 0. The van der Waals surface area contributed by atoms with Crippen LogP contribution in [-0.2, 0) is 9.59 Å². The number of thioether (sulfide) groups is 1. The molecule has 3 N–H and O–H groups in total. The fourth-order valence-electron chi connectivity index (χ4n) is 4.97. The molecule has 9 nitrogen and oxygen atoms in total. The van der Waals surface area contributed by atoms with E-state index < -0.39 is 17.1 Å². The van der Waals surface area contributed by atoms with Crippen LogP contribution < -0.4 is 25.4 Å². The van der Waals surface area contributed by atoms with Gasteiger partial charge in [0.05, 0.1) is 19.9 Å². The Bertz CT molecular complexity index is 2150. The molecule has 0 saturated carbocycles. The molecule has 1 atom stereocenters. The van der Waals surface area contributed by atoms with Crippen LogP contribution in [0, 0.1) is 0 Å². The highest BCUT2D eigenvalue weighted by Crippen LogP contribution is 2.38. The van der Waals surface area contributed by atoms with Crippen molar-refractivity contribution in [2.45, 2.75) is 10.1 Å². The molecule has 0 aliphatic heterocycles. The molecule has 12 heteroatoms. The number of carbonyl (C=O) groups is 3. The predicted octanol–water partition coefficient (Wildman–Crippen LogP) is 8.77. The molecule has 3 amide bonds. The summed E-state index contributed by atoms with van der Waals surface area (Å²) in [6.07, 6.45) is 1.64. The number of carbonyl (C=O) groups excluding carboxylic acids is 3. The molecule has 2 heterocycles. The van der Waals surface area contributed by atoms with Crippen molar-refractivity contribution in [2.75, 3.05) is 24.9 Å². The summed E-state index contributed by atoms with van der Waals surface area (Å²) < 4.78 is 10.8. The average molecular weight is 733 g/mol. The summed E-state index contributed by atoms with van der Waals surface area (Å²) in [6, 6.07) is 34.7. The van der Waals surface area contributed by atoms with E-state index in [1.54, 1.807) is 62.8 Å². The first kappa shape index (κ1) is 35.1. The summed E-state index contributed by atoms with van der Waals surface area (Å²) in [5.74, 6) is 0.0613. The van der Waals surface area contributed by atoms with E-state index in [1.807, 2.05) is 83.6 Å². The Hall–Kier alpha value is -5.69. The highest BCUT2D eigenvalue weighted by Gasteiger charge is 2.24. The van der Waals surface area contributed by atoms with E-state index in [1.165, 1.54) is 34.4 Å². The number of aromatic nitrogens is 1. The van der Waals surface area contributed by atoms with Crippen molar-refractivity contribution in [1.29, 1.82) is 0 Å². The molecular formula is C39H32N4O5S3. The normalized spacial score (nSPS) is 11.7. The maximum absolute atomic E-state index is 13.9. The van der Waals surface area contributed by atoms with Gasteiger partial charge >= 0.3 is 0 Å². The van der Waals surface area contributed by atoms with Crippen LogP contribution in [0.15, 0.2) is 137 Å². The molecule has 0 aliphatic carbocycles. The van der Waals surface area contributed by atoms with Crippen LogP contribution >= 0.6 is 34.4 Å². The molecule has 0 saturated heterocycles. The molecule has 256 valence electrons.